The second-order valence-electron chi connectivity index (χ2n) is 7.54. The van der Waals surface area contributed by atoms with Gasteiger partial charge in [0.2, 0.25) is 23.6 Å². The Hall–Kier alpha value is -2.77. The van der Waals surface area contributed by atoms with Crippen LogP contribution in [0.5, 0.6) is 0 Å². The standard InChI is InChI=1S/C19H37N7O6/c1-11(19(31)32)24-17(29)13(6-2-4-8-20)26-18(30)14(7-3-5-9-21)25-16(28)12(22)10-15(23)27/h11-14H,2-10,20-22H2,1H3,(H2,23,27)(H,24,29)(H,25,28)(H,26,30)(H,31,32). The van der Waals surface area contributed by atoms with E-state index in [4.69, 9.17) is 28.0 Å². The summed E-state index contributed by atoms with van der Waals surface area (Å²) in [4.78, 5) is 59.7. The molecule has 13 nitrogen and oxygen atoms in total. The van der Waals surface area contributed by atoms with Crippen LogP contribution in [0, 0.1) is 0 Å². The Morgan fingerprint density at radius 3 is 1.62 bits per heavy atom. The Labute approximate surface area is 187 Å². The van der Waals surface area contributed by atoms with E-state index in [0.717, 1.165) is 0 Å². The smallest absolute Gasteiger partial charge is 0.325 e. The summed E-state index contributed by atoms with van der Waals surface area (Å²) >= 11 is 0. The van der Waals surface area contributed by atoms with Gasteiger partial charge < -0.3 is 44.0 Å². The molecular formula is C19H37N7O6. The number of hydrogen-bond donors (Lipinski definition) is 8. The molecule has 4 amide bonds. The third-order valence-corrected chi connectivity index (χ3v) is 4.65. The summed E-state index contributed by atoms with van der Waals surface area (Å²) in [5.41, 5.74) is 21.7. The zero-order valence-electron chi connectivity index (χ0n) is 18.5. The predicted molar refractivity (Wildman–Crippen MR) is 117 cm³/mol. The fourth-order valence-corrected chi connectivity index (χ4v) is 2.76. The van der Waals surface area contributed by atoms with Crippen molar-refractivity contribution in [3.63, 3.8) is 0 Å². The largest absolute Gasteiger partial charge is 0.480 e. The van der Waals surface area contributed by atoms with Crippen LogP contribution < -0.4 is 38.9 Å². The van der Waals surface area contributed by atoms with Gasteiger partial charge in [-0.3, -0.25) is 24.0 Å². The van der Waals surface area contributed by atoms with Gasteiger partial charge in [-0.15, -0.1) is 0 Å². The molecule has 4 unspecified atom stereocenters. The van der Waals surface area contributed by atoms with Crippen molar-refractivity contribution < 1.29 is 29.1 Å². The number of rotatable bonds is 17. The highest BCUT2D eigenvalue weighted by atomic mass is 16.4. The van der Waals surface area contributed by atoms with Gasteiger partial charge in [-0.2, -0.15) is 0 Å². The minimum absolute atomic E-state index is 0.223. The summed E-state index contributed by atoms with van der Waals surface area (Å²) in [6.07, 6.45) is 2.30. The number of carbonyl (C=O) groups excluding carboxylic acids is 4. The van der Waals surface area contributed by atoms with Crippen molar-refractivity contribution in [2.45, 2.75) is 76.0 Å². The third-order valence-electron chi connectivity index (χ3n) is 4.65. The lowest BCUT2D eigenvalue weighted by Gasteiger charge is -2.24. The van der Waals surface area contributed by atoms with Crippen molar-refractivity contribution in [1.82, 2.24) is 16.0 Å². The molecule has 12 N–H and O–H groups in total. The molecule has 0 aliphatic rings. The summed E-state index contributed by atoms with van der Waals surface area (Å²) in [7, 11) is 0. The molecule has 0 aliphatic carbocycles. The summed E-state index contributed by atoms with van der Waals surface area (Å²) in [5.74, 6) is -4.03. The van der Waals surface area contributed by atoms with Crippen LogP contribution in [-0.4, -0.2) is 72.0 Å². The maximum Gasteiger partial charge on any atom is 0.325 e. The van der Waals surface area contributed by atoms with E-state index in [9.17, 15) is 24.0 Å². The van der Waals surface area contributed by atoms with Crippen molar-refractivity contribution in [3.05, 3.63) is 0 Å². The molecule has 184 valence electrons. The SMILES string of the molecule is CC(NC(=O)C(CCCCN)NC(=O)C(CCCCN)NC(=O)C(N)CC(N)=O)C(=O)O. The first-order valence-corrected chi connectivity index (χ1v) is 10.6. The Morgan fingerprint density at radius 1 is 0.781 bits per heavy atom. The van der Waals surface area contributed by atoms with Crippen molar-refractivity contribution in [2.75, 3.05) is 13.1 Å². The quantitative estimate of drug-likeness (QED) is 0.103. The number of hydrogen-bond acceptors (Lipinski definition) is 8. The number of carboxylic acids is 1. The number of nitrogens with one attached hydrogen (secondary N) is 3. The van der Waals surface area contributed by atoms with E-state index in [-0.39, 0.29) is 19.3 Å². The van der Waals surface area contributed by atoms with Crippen LogP contribution in [0.25, 0.3) is 0 Å². The van der Waals surface area contributed by atoms with Crippen LogP contribution in [0.1, 0.15) is 51.9 Å². The van der Waals surface area contributed by atoms with E-state index in [1.807, 2.05) is 0 Å². The summed E-state index contributed by atoms with van der Waals surface area (Å²) in [5, 5.41) is 16.4. The lowest BCUT2D eigenvalue weighted by molar-refractivity contribution is -0.141. The van der Waals surface area contributed by atoms with Crippen LogP contribution in [0.2, 0.25) is 0 Å². The van der Waals surface area contributed by atoms with E-state index >= 15 is 0 Å². The predicted octanol–water partition coefficient (Wildman–Crippen LogP) is -2.99. The summed E-state index contributed by atoms with van der Waals surface area (Å²) in [6.45, 7) is 2.08. The molecule has 0 saturated heterocycles. The Bertz CT molecular complexity index is 646. The van der Waals surface area contributed by atoms with Gasteiger partial charge in [-0.05, 0) is 58.5 Å². The Morgan fingerprint density at radius 2 is 1.22 bits per heavy atom. The molecule has 0 radical (unpaired) electrons. The molecule has 0 heterocycles. The van der Waals surface area contributed by atoms with Crippen molar-refractivity contribution in [2.24, 2.45) is 22.9 Å². The Balaban J connectivity index is 5.35. The maximum absolute atomic E-state index is 12.9. The molecular weight excluding hydrogens is 422 g/mol. The number of carboxylic acid groups (broad SMARTS) is 1. The molecule has 0 bridgehead atoms. The average Bonchev–Trinajstić information content (AvgIpc) is 2.71. The fourth-order valence-electron chi connectivity index (χ4n) is 2.76. The van der Waals surface area contributed by atoms with Crippen LogP contribution >= 0.6 is 0 Å². The van der Waals surface area contributed by atoms with E-state index in [1.165, 1.54) is 6.92 Å². The molecule has 0 aromatic heterocycles. The molecule has 32 heavy (non-hydrogen) atoms. The van der Waals surface area contributed by atoms with E-state index < -0.39 is 53.8 Å². The van der Waals surface area contributed by atoms with Crippen LogP contribution in [0.3, 0.4) is 0 Å². The number of aliphatic carboxylic acids is 1. The van der Waals surface area contributed by atoms with Gasteiger partial charge in [-0.25, -0.2) is 0 Å². The lowest BCUT2D eigenvalue weighted by atomic mass is 10.0. The van der Waals surface area contributed by atoms with Gasteiger partial charge >= 0.3 is 5.97 Å². The van der Waals surface area contributed by atoms with Crippen molar-refractivity contribution >= 4 is 29.6 Å². The summed E-state index contributed by atoms with van der Waals surface area (Å²) in [6, 6.07) is -4.43. The van der Waals surface area contributed by atoms with Gasteiger partial charge in [0.1, 0.15) is 18.1 Å². The third kappa shape index (κ3) is 12.2. The van der Waals surface area contributed by atoms with Gasteiger partial charge in [0, 0.05) is 0 Å². The second-order valence-corrected chi connectivity index (χ2v) is 7.54. The van der Waals surface area contributed by atoms with Crippen molar-refractivity contribution in [1.29, 1.82) is 0 Å². The lowest BCUT2D eigenvalue weighted by Crippen LogP contribution is -2.57. The molecule has 0 rings (SSSR count). The van der Waals surface area contributed by atoms with Gasteiger partial charge in [0.25, 0.3) is 0 Å². The molecule has 0 aromatic rings. The zero-order chi connectivity index (χ0) is 24.7. The second kappa shape index (κ2) is 15.9. The highest BCUT2D eigenvalue weighted by Crippen LogP contribution is 2.06. The number of primary amides is 1. The van der Waals surface area contributed by atoms with Crippen LogP contribution in [0.4, 0.5) is 0 Å². The Kier molecular flexibility index (Phi) is 14.6. The average molecular weight is 460 g/mol. The van der Waals surface area contributed by atoms with E-state index in [2.05, 4.69) is 16.0 Å². The highest BCUT2D eigenvalue weighted by Gasteiger charge is 2.29. The van der Waals surface area contributed by atoms with Gasteiger partial charge in [0.15, 0.2) is 0 Å². The summed E-state index contributed by atoms with van der Waals surface area (Å²) < 4.78 is 0. The highest BCUT2D eigenvalue weighted by molar-refractivity contribution is 5.94. The minimum Gasteiger partial charge on any atom is -0.480 e. The molecule has 13 heteroatoms. The van der Waals surface area contributed by atoms with Gasteiger partial charge in [-0.1, -0.05) is 0 Å². The molecule has 4 atom stereocenters. The normalized spacial score (nSPS) is 14.5. The molecule has 0 aromatic carbocycles. The first-order valence-electron chi connectivity index (χ1n) is 10.6. The molecule has 0 aliphatic heterocycles. The van der Waals surface area contributed by atoms with Crippen molar-refractivity contribution in [3.8, 4) is 0 Å². The zero-order valence-corrected chi connectivity index (χ0v) is 18.5. The van der Waals surface area contributed by atoms with E-state index in [0.29, 0.717) is 38.8 Å². The fraction of sp³-hybridized carbons (Fsp3) is 0.737. The minimum atomic E-state index is -1.22. The van der Waals surface area contributed by atoms with E-state index in [1.54, 1.807) is 0 Å². The first kappa shape index (κ1) is 29.2. The first-order chi connectivity index (χ1) is 15.0. The maximum atomic E-state index is 12.9. The van der Waals surface area contributed by atoms with Crippen LogP contribution in [-0.2, 0) is 24.0 Å². The molecule has 0 fully saturated rings. The number of nitrogens with two attached hydrogens (primary N) is 4. The topological polar surface area (TPSA) is 246 Å². The van der Waals surface area contributed by atoms with Gasteiger partial charge in [0.05, 0.1) is 12.5 Å². The number of amides is 4. The monoisotopic (exact) mass is 459 g/mol. The molecule has 0 spiro atoms. The van der Waals surface area contributed by atoms with Crippen LogP contribution in [0.15, 0.2) is 0 Å². The number of carbonyl (C=O) groups is 5. The molecule has 0 saturated carbocycles. The number of unbranched alkanes of at least 4 members (excludes halogenated alkanes) is 2.